The fraction of sp³-hybridized carbons (Fsp3) is 0.467. The van der Waals surface area contributed by atoms with E-state index in [2.05, 4.69) is 18.8 Å². The molecule has 0 saturated carbocycles. The van der Waals surface area contributed by atoms with Crippen LogP contribution in [0.4, 0.5) is 0 Å². The van der Waals surface area contributed by atoms with Crippen molar-refractivity contribution in [2.24, 2.45) is 0 Å². The van der Waals surface area contributed by atoms with Crippen LogP contribution in [0.2, 0.25) is 5.02 Å². The van der Waals surface area contributed by atoms with E-state index in [9.17, 15) is 0 Å². The van der Waals surface area contributed by atoms with Gasteiger partial charge in [0.15, 0.2) is 0 Å². The van der Waals surface area contributed by atoms with Crippen molar-refractivity contribution in [3.8, 4) is 5.75 Å². The summed E-state index contributed by atoms with van der Waals surface area (Å²) in [5.74, 6) is 1.05. The zero-order chi connectivity index (χ0) is 13.0. The fourth-order valence-electron chi connectivity index (χ4n) is 2.49. The molecule has 0 bridgehead atoms. The normalized spacial score (nSPS) is 15.0. The van der Waals surface area contributed by atoms with Gasteiger partial charge in [-0.3, -0.25) is 0 Å². The first-order chi connectivity index (χ1) is 8.74. The highest BCUT2D eigenvalue weighted by Crippen LogP contribution is 2.33. The molecule has 1 atom stereocenters. The Kier molecular flexibility index (Phi) is 4.67. The number of nitrogens with one attached hydrogen (secondary N) is 1. The van der Waals surface area contributed by atoms with Gasteiger partial charge in [-0.1, -0.05) is 24.6 Å². The second kappa shape index (κ2) is 6.26. The quantitative estimate of drug-likeness (QED) is 0.797. The van der Waals surface area contributed by atoms with Crippen LogP contribution in [0, 0.1) is 0 Å². The topological polar surface area (TPSA) is 21.3 Å². The highest BCUT2D eigenvalue weighted by Gasteiger charge is 2.19. The van der Waals surface area contributed by atoms with Gasteiger partial charge >= 0.3 is 0 Å². The Morgan fingerprint density at radius 3 is 3.11 bits per heavy atom. The molecule has 1 aliphatic rings. The van der Waals surface area contributed by atoms with Gasteiger partial charge in [0.2, 0.25) is 0 Å². The summed E-state index contributed by atoms with van der Waals surface area (Å²) in [6.45, 7) is 7.67. The van der Waals surface area contributed by atoms with Crippen molar-refractivity contribution in [2.45, 2.75) is 32.2 Å². The third-order valence-electron chi connectivity index (χ3n) is 3.24. The molecule has 1 aliphatic heterocycles. The van der Waals surface area contributed by atoms with Crippen molar-refractivity contribution in [2.75, 3.05) is 13.2 Å². The Hall–Kier alpha value is -0.990. The second-order valence-electron chi connectivity index (χ2n) is 4.63. The van der Waals surface area contributed by atoms with Gasteiger partial charge in [0.25, 0.3) is 0 Å². The van der Waals surface area contributed by atoms with E-state index in [4.69, 9.17) is 16.3 Å². The smallest absolute Gasteiger partial charge is 0.125 e. The van der Waals surface area contributed by atoms with Gasteiger partial charge < -0.3 is 10.1 Å². The Morgan fingerprint density at radius 2 is 2.39 bits per heavy atom. The summed E-state index contributed by atoms with van der Waals surface area (Å²) in [4.78, 5) is 0. The molecule has 1 unspecified atom stereocenters. The predicted molar refractivity (Wildman–Crippen MR) is 76.6 cm³/mol. The zero-order valence-corrected chi connectivity index (χ0v) is 11.6. The summed E-state index contributed by atoms with van der Waals surface area (Å²) in [7, 11) is 0. The molecule has 1 aromatic rings. The van der Waals surface area contributed by atoms with Crippen molar-refractivity contribution in [3.05, 3.63) is 40.9 Å². The lowest BCUT2D eigenvalue weighted by Crippen LogP contribution is -2.30. The number of hydrogen-bond donors (Lipinski definition) is 1. The molecule has 3 heteroatoms. The molecule has 0 amide bonds. The lowest BCUT2D eigenvalue weighted by Gasteiger charge is -2.18. The van der Waals surface area contributed by atoms with Crippen LogP contribution in [0.5, 0.6) is 5.75 Å². The SMILES string of the molecule is C=CCC(Cc1cc(Cl)cc2c1OCC2)NCC. The van der Waals surface area contributed by atoms with E-state index in [-0.39, 0.29) is 0 Å². The van der Waals surface area contributed by atoms with Crippen molar-refractivity contribution >= 4 is 11.6 Å². The highest BCUT2D eigenvalue weighted by atomic mass is 35.5. The van der Waals surface area contributed by atoms with Crippen LogP contribution < -0.4 is 10.1 Å². The van der Waals surface area contributed by atoms with Crippen LogP contribution in [0.1, 0.15) is 24.5 Å². The molecule has 0 aliphatic carbocycles. The molecule has 0 saturated heterocycles. The lowest BCUT2D eigenvalue weighted by molar-refractivity contribution is 0.351. The average molecular weight is 266 g/mol. The van der Waals surface area contributed by atoms with Crippen molar-refractivity contribution in [1.29, 1.82) is 0 Å². The van der Waals surface area contributed by atoms with E-state index in [1.54, 1.807) is 0 Å². The average Bonchev–Trinajstić information content (AvgIpc) is 2.77. The predicted octanol–water partition coefficient (Wildman–Crippen LogP) is 3.37. The Labute approximate surface area is 114 Å². The summed E-state index contributed by atoms with van der Waals surface area (Å²) < 4.78 is 5.73. The van der Waals surface area contributed by atoms with Crippen LogP contribution in [-0.2, 0) is 12.8 Å². The largest absolute Gasteiger partial charge is 0.493 e. The molecule has 98 valence electrons. The molecule has 2 nitrogen and oxygen atoms in total. The van der Waals surface area contributed by atoms with Crippen LogP contribution in [0.15, 0.2) is 24.8 Å². The molecule has 0 fully saturated rings. The third kappa shape index (κ3) is 3.06. The summed E-state index contributed by atoms with van der Waals surface area (Å²) in [5.41, 5.74) is 2.45. The number of fused-ring (bicyclic) bond motifs is 1. The molecule has 1 heterocycles. The highest BCUT2D eigenvalue weighted by molar-refractivity contribution is 6.30. The maximum absolute atomic E-state index is 6.17. The maximum atomic E-state index is 6.17. The number of ether oxygens (including phenoxy) is 1. The van der Waals surface area contributed by atoms with E-state index in [1.807, 2.05) is 18.2 Å². The number of hydrogen-bond acceptors (Lipinski definition) is 2. The number of likely N-dealkylation sites (N-methyl/N-ethyl adjacent to an activating group) is 1. The molecular weight excluding hydrogens is 246 g/mol. The molecule has 0 radical (unpaired) electrons. The van der Waals surface area contributed by atoms with Crippen LogP contribution >= 0.6 is 11.6 Å². The number of benzene rings is 1. The van der Waals surface area contributed by atoms with E-state index >= 15 is 0 Å². The first-order valence-electron chi connectivity index (χ1n) is 6.53. The fourth-order valence-corrected chi connectivity index (χ4v) is 2.76. The van der Waals surface area contributed by atoms with E-state index in [0.717, 1.165) is 43.2 Å². The number of rotatable bonds is 6. The monoisotopic (exact) mass is 265 g/mol. The maximum Gasteiger partial charge on any atom is 0.125 e. The standard InChI is InChI=1S/C15H20ClNO/c1-3-5-14(17-4-2)10-12-9-13(16)8-11-6-7-18-15(11)12/h3,8-9,14,17H,1,4-7,10H2,2H3. The van der Waals surface area contributed by atoms with Crippen molar-refractivity contribution in [3.63, 3.8) is 0 Å². The summed E-state index contributed by atoms with van der Waals surface area (Å²) >= 11 is 6.17. The third-order valence-corrected chi connectivity index (χ3v) is 3.45. The minimum atomic E-state index is 0.402. The van der Waals surface area contributed by atoms with Gasteiger partial charge in [-0.15, -0.1) is 6.58 Å². The molecule has 0 aromatic heterocycles. The lowest BCUT2D eigenvalue weighted by atomic mass is 9.99. The second-order valence-corrected chi connectivity index (χ2v) is 5.07. The van der Waals surface area contributed by atoms with Crippen LogP contribution in [0.3, 0.4) is 0 Å². The Morgan fingerprint density at radius 1 is 1.56 bits per heavy atom. The van der Waals surface area contributed by atoms with Gasteiger partial charge in [0, 0.05) is 17.5 Å². The van der Waals surface area contributed by atoms with Gasteiger partial charge in [-0.05, 0) is 42.6 Å². The molecule has 1 N–H and O–H groups in total. The van der Waals surface area contributed by atoms with E-state index in [0.29, 0.717) is 6.04 Å². The van der Waals surface area contributed by atoms with E-state index in [1.165, 1.54) is 11.1 Å². The molecule has 1 aromatic carbocycles. The summed E-state index contributed by atoms with van der Waals surface area (Å²) in [6.07, 6.45) is 4.81. The van der Waals surface area contributed by atoms with Crippen molar-refractivity contribution in [1.82, 2.24) is 5.32 Å². The summed E-state index contributed by atoms with van der Waals surface area (Å²) in [6, 6.07) is 4.45. The van der Waals surface area contributed by atoms with E-state index < -0.39 is 0 Å². The molecule has 2 rings (SSSR count). The first-order valence-corrected chi connectivity index (χ1v) is 6.90. The molecular formula is C15H20ClNO. The Balaban J connectivity index is 2.19. The zero-order valence-electron chi connectivity index (χ0n) is 10.8. The minimum Gasteiger partial charge on any atom is -0.493 e. The van der Waals surface area contributed by atoms with Gasteiger partial charge in [0.05, 0.1) is 6.61 Å². The van der Waals surface area contributed by atoms with Crippen LogP contribution in [-0.4, -0.2) is 19.2 Å². The molecule has 0 spiro atoms. The minimum absolute atomic E-state index is 0.402. The Bertz CT molecular complexity index is 431. The van der Waals surface area contributed by atoms with Crippen LogP contribution in [0.25, 0.3) is 0 Å². The van der Waals surface area contributed by atoms with Gasteiger partial charge in [0.1, 0.15) is 5.75 Å². The van der Waals surface area contributed by atoms with Gasteiger partial charge in [-0.25, -0.2) is 0 Å². The van der Waals surface area contributed by atoms with Crippen molar-refractivity contribution < 1.29 is 4.74 Å². The molecule has 18 heavy (non-hydrogen) atoms. The number of halogens is 1. The first kappa shape index (κ1) is 13.4. The summed E-state index contributed by atoms with van der Waals surface area (Å²) in [5, 5.41) is 4.28. The van der Waals surface area contributed by atoms with Gasteiger partial charge in [-0.2, -0.15) is 0 Å².